The summed E-state index contributed by atoms with van der Waals surface area (Å²) in [4.78, 5) is 7.21. The number of ether oxygens (including phenoxy) is 1. The Kier molecular flexibility index (Phi) is 4.08. The molecule has 134 valence electrons. The minimum Gasteiger partial charge on any atom is -0.372 e. The maximum atomic E-state index is 9.81. The van der Waals surface area contributed by atoms with Gasteiger partial charge in [0.15, 0.2) is 5.65 Å². The molecule has 1 aromatic carbocycles. The van der Waals surface area contributed by atoms with Crippen LogP contribution in [0.3, 0.4) is 0 Å². The van der Waals surface area contributed by atoms with Crippen LogP contribution in [0.25, 0.3) is 16.7 Å². The number of aromatic nitrogens is 2. The SMILES string of the molecule is CCc1c(C)c(C#N)c2nc3ccccc3n2c1N1C[C@H](C)O[C@@H](C)C1. The minimum absolute atomic E-state index is 0.171. The highest BCUT2D eigenvalue weighted by Crippen LogP contribution is 2.34. The summed E-state index contributed by atoms with van der Waals surface area (Å²) in [6.45, 7) is 10.1. The Morgan fingerprint density at radius 1 is 1.23 bits per heavy atom. The molecule has 0 radical (unpaired) electrons. The Hall–Kier alpha value is -2.58. The number of hydrogen-bond acceptors (Lipinski definition) is 4. The molecule has 1 fully saturated rings. The molecule has 0 spiro atoms. The summed E-state index contributed by atoms with van der Waals surface area (Å²) in [5, 5.41) is 9.81. The average Bonchev–Trinajstić information content (AvgIpc) is 2.98. The Labute approximate surface area is 153 Å². The first-order valence-electron chi connectivity index (χ1n) is 9.28. The van der Waals surface area contributed by atoms with E-state index in [-0.39, 0.29) is 12.2 Å². The van der Waals surface area contributed by atoms with E-state index in [0.717, 1.165) is 47.6 Å². The second-order valence-electron chi connectivity index (χ2n) is 7.19. The molecule has 3 heterocycles. The second-order valence-corrected chi connectivity index (χ2v) is 7.19. The molecule has 4 rings (SSSR count). The lowest BCUT2D eigenvalue weighted by molar-refractivity contribution is -0.00555. The van der Waals surface area contributed by atoms with Crippen molar-refractivity contribution < 1.29 is 4.74 Å². The molecule has 0 aliphatic carbocycles. The molecule has 0 N–H and O–H groups in total. The van der Waals surface area contributed by atoms with Crippen LogP contribution >= 0.6 is 0 Å². The number of imidazole rings is 1. The number of nitrogens with zero attached hydrogens (tertiary/aromatic N) is 4. The molecule has 0 bridgehead atoms. The van der Waals surface area contributed by atoms with Gasteiger partial charge in [0.2, 0.25) is 0 Å². The summed E-state index contributed by atoms with van der Waals surface area (Å²) >= 11 is 0. The Morgan fingerprint density at radius 2 is 1.92 bits per heavy atom. The molecule has 3 aromatic rings. The van der Waals surface area contributed by atoms with Crippen molar-refractivity contribution in [1.29, 1.82) is 5.26 Å². The van der Waals surface area contributed by atoms with E-state index in [0.29, 0.717) is 5.56 Å². The number of rotatable bonds is 2. The van der Waals surface area contributed by atoms with Gasteiger partial charge in [0.25, 0.3) is 0 Å². The summed E-state index contributed by atoms with van der Waals surface area (Å²) in [6.07, 6.45) is 1.21. The first-order chi connectivity index (χ1) is 12.5. The van der Waals surface area contributed by atoms with Crippen molar-refractivity contribution >= 4 is 22.5 Å². The van der Waals surface area contributed by atoms with Crippen LogP contribution in [0.5, 0.6) is 0 Å². The maximum absolute atomic E-state index is 9.81. The van der Waals surface area contributed by atoms with Crippen LogP contribution < -0.4 is 4.90 Å². The summed E-state index contributed by atoms with van der Waals surface area (Å²) in [7, 11) is 0. The van der Waals surface area contributed by atoms with Gasteiger partial charge in [0.1, 0.15) is 11.9 Å². The number of para-hydroxylation sites is 2. The van der Waals surface area contributed by atoms with E-state index in [9.17, 15) is 5.26 Å². The third-order valence-corrected chi connectivity index (χ3v) is 5.28. The van der Waals surface area contributed by atoms with Crippen molar-refractivity contribution in [1.82, 2.24) is 9.38 Å². The molecule has 5 nitrogen and oxygen atoms in total. The van der Waals surface area contributed by atoms with Crippen molar-refractivity contribution in [2.75, 3.05) is 18.0 Å². The highest BCUT2D eigenvalue weighted by atomic mass is 16.5. The highest BCUT2D eigenvalue weighted by molar-refractivity contribution is 5.86. The maximum Gasteiger partial charge on any atom is 0.157 e. The van der Waals surface area contributed by atoms with Gasteiger partial charge in [-0.05, 0) is 50.5 Å². The Morgan fingerprint density at radius 3 is 2.58 bits per heavy atom. The third-order valence-electron chi connectivity index (χ3n) is 5.28. The fourth-order valence-corrected chi connectivity index (χ4v) is 4.27. The second kappa shape index (κ2) is 6.30. The number of anilines is 1. The smallest absolute Gasteiger partial charge is 0.157 e. The molecule has 2 atom stereocenters. The predicted octanol–water partition coefficient (Wildman–Crippen LogP) is 3.84. The molecule has 0 unspecified atom stereocenters. The molecule has 5 heteroatoms. The largest absolute Gasteiger partial charge is 0.372 e. The molecule has 0 amide bonds. The van der Waals surface area contributed by atoms with Crippen LogP contribution in [0, 0.1) is 18.3 Å². The van der Waals surface area contributed by atoms with Crippen LogP contribution in [0.4, 0.5) is 5.82 Å². The van der Waals surface area contributed by atoms with Crippen LogP contribution in [-0.2, 0) is 11.2 Å². The molecule has 1 aliphatic rings. The van der Waals surface area contributed by atoms with E-state index in [2.05, 4.69) is 42.2 Å². The normalized spacial score (nSPS) is 20.7. The van der Waals surface area contributed by atoms with Gasteiger partial charge in [-0.1, -0.05) is 19.1 Å². The van der Waals surface area contributed by atoms with Gasteiger partial charge in [-0.3, -0.25) is 4.40 Å². The summed E-state index contributed by atoms with van der Waals surface area (Å²) in [5.41, 5.74) is 5.67. The Bertz CT molecular complexity index is 1020. The van der Waals surface area contributed by atoms with E-state index >= 15 is 0 Å². The highest BCUT2D eigenvalue weighted by Gasteiger charge is 2.28. The fraction of sp³-hybridized carbons (Fsp3) is 0.429. The zero-order chi connectivity index (χ0) is 18.4. The number of fused-ring (bicyclic) bond motifs is 3. The first kappa shape index (κ1) is 16.9. The molecule has 26 heavy (non-hydrogen) atoms. The van der Waals surface area contributed by atoms with Crippen LogP contribution in [0.2, 0.25) is 0 Å². The summed E-state index contributed by atoms with van der Waals surface area (Å²) in [5.74, 6) is 1.16. The van der Waals surface area contributed by atoms with Crippen molar-refractivity contribution in [3.63, 3.8) is 0 Å². The molecule has 0 saturated carbocycles. The van der Waals surface area contributed by atoms with Gasteiger partial charge >= 0.3 is 0 Å². The lowest BCUT2D eigenvalue weighted by Crippen LogP contribution is -2.46. The third kappa shape index (κ3) is 2.45. The van der Waals surface area contributed by atoms with Crippen LogP contribution in [0.15, 0.2) is 24.3 Å². The van der Waals surface area contributed by atoms with Crippen LogP contribution in [0.1, 0.15) is 37.5 Å². The van der Waals surface area contributed by atoms with Gasteiger partial charge in [-0.15, -0.1) is 0 Å². The predicted molar refractivity (Wildman–Crippen MR) is 104 cm³/mol. The van der Waals surface area contributed by atoms with Gasteiger partial charge in [-0.2, -0.15) is 5.26 Å². The van der Waals surface area contributed by atoms with Crippen molar-refractivity contribution in [3.8, 4) is 6.07 Å². The van der Waals surface area contributed by atoms with Gasteiger partial charge in [0, 0.05) is 13.1 Å². The van der Waals surface area contributed by atoms with Gasteiger partial charge in [0.05, 0.1) is 28.8 Å². The fourth-order valence-electron chi connectivity index (χ4n) is 4.27. The molecular weight excluding hydrogens is 324 g/mol. The van der Waals surface area contributed by atoms with E-state index in [1.165, 1.54) is 5.56 Å². The number of nitriles is 1. The lowest BCUT2D eigenvalue weighted by Gasteiger charge is -2.38. The monoisotopic (exact) mass is 348 g/mol. The van der Waals surface area contributed by atoms with Gasteiger partial charge < -0.3 is 9.64 Å². The van der Waals surface area contributed by atoms with E-state index in [1.54, 1.807) is 0 Å². The number of benzene rings is 1. The van der Waals surface area contributed by atoms with E-state index in [1.807, 2.05) is 25.1 Å². The standard InChI is InChI=1S/C21H24N4O/c1-5-16-15(4)17(10-22)20-23-18-8-6-7-9-19(18)25(20)21(16)24-11-13(2)26-14(3)12-24/h6-9,13-14H,5,11-12H2,1-4H3/t13-,14-/m0/s1. The van der Waals surface area contributed by atoms with Crippen molar-refractivity contribution in [3.05, 3.63) is 41.0 Å². The quantitative estimate of drug-likeness (QED) is 0.706. The molecule has 1 saturated heterocycles. The molecule has 2 aromatic heterocycles. The zero-order valence-corrected chi connectivity index (χ0v) is 15.8. The summed E-state index contributed by atoms with van der Waals surface area (Å²) in [6, 6.07) is 10.5. The van der Waals surface area contributed by atoms with Crippen molar-refractivity contribution in [2.24, 2.45) is 0 Å². The summed E-state index contributed by atoms with van der Waals surface area (Å²) < 4.78 is 8.13. The van der Waals surface area contributed by atoms with E-state index < -0.39 is 0 Å². The number of hydrogen-bond donors (Lipinski definition) is 0. The number of pyridine rings is 1. The zero-order valence-electron chi connectivity index (χ0n) is 15.8. The average molecular weight is 348 g/mol. The topological polar surface area (TPSA) is 53.6 Å². The van der Waals surface area contributed by atoms with Crippen molar-refractivity contribution in [2.45, 2.75) is 46.3 Å². The van der Waals surface area contributed by atoms with Gasteiger partial charge in [-0.25, -0.2) is 4.98 Å². The first-order valence-corrected chi connectivity index (χ1v) is 9.28. The number of morpholine rings is 1. The van der Waals surface area contributed by atoms with E-state index in [4.69, 9.17) is 9.72 Å². The molecule has 1 aliphatic heterocycles. The minimum atomic E-state index is 0.171. The Balaban J connectivity index is 2.12. The van der Waals surface area contributed by atoms with Crippen LogP contribution in [-0.4, -0.2) is 34.7 Å². The molecular formula is C21H24N4O. The lowest BCUT2D eigenvalue weighted by atomic mass is 10.0.